The van der Waals surface area contributed by atoms with Crippen molar-refractivity contribution in [3.05, 3.63) is 12.2 Å². The first-order valence-electron chi connectivity index (χ1n) is 6.24. The maximum absolute atomic E-state index is 11.8. The van der Waals surface area contributed by atoms with Gasteiger partial charge in [-0.3, -0.25) is 4.79 Å². The van der Waals surface area contributed by atoms with Gasteiger partial charge in [0, 0.05) is 5.92 Å². The Morgan fingerprint density at radius 1 is 1.35 bits per heavy atom. The number of esters is 1. The van der Waals surface area contributed by atoms with E-state index in [0.29, 0.717) is 6.61 Å². The molecule has 0 aromatic rings. The highest BCUT2D eigenvalue weighted by Crippen LogP contribution is 2.57. The van der Waals surface area contributed by atoms with E-state index in [1.807, 2.05) is 26.8 Å². The Morgan fingerprint density at radius 3 is 2.82 bits per heavy atom. The Bertz CT molecular complexity index is 374. The second-order valence-electron chi connectivity index (χ2n) is 5.38. The molecule has 94 valence electrons. The molecule has 0 aromatic carbocycles. The van der Waals surface area contributed by atoms with Crippen molar-refractivity contribution < 1.29 is 19.0 Å². The molecule has 17 heavy (non-hydrogen) atoms. The Kier molecular flexibility index (Phi) is 2.35. The molecule has 1 saturated carbocycles. The smallest absolute Gasteiger partial charge is 0.309 e. The van der Waals surface area contributed by atoms with Gasteiger partial charge in [0.25, 0.3) is 0 Å². The topological polar surface area (TPSA) is 44.8 Å². The van der Waals surface area contributed by atoms with E-state index in [-0.39, 0.29) is 35.9 Å². The molecule has 3 aliphatic rings. The molecule has 0 aromatic heterocycles. The van der Waals surface area contributed by atoms with Crippen LogP contribution in [-0.2, 0) is 19.0 Å². The Morgan fingerprint density at radius 2 is 2.12 bits per heavy atom. The summed E-state index contributed by atoms with van der Waals surface area (Å²) in [5.41, 5.74) is 0. The SMILES string of the molecule is CCOC(=O)[C@@H]1[C@@H]2C=C[C@H]3OC(C)(C)O[C@H]3[C@@H]21. The van der Waals surface area contributed by atoms with E-state index in [1.165, 1.54) is 0 Å². The Labute approximate surface area is 101 Å². The monoisotopic (exact) mass is 238 g/mol. The highest BCUT2D eigenvalue weighted by atomic mass is 16.8. The second kappa shape index (κ2) is 3.56. The molecule has 2 fully saturated rings. The summed E-state index contributed by atoms with van der Waals surface area (Å²) < 4.78 is 16.7. The average Bonchev–Trinajstić information content (AvgIpc) is 2.88. The molecule has 1 saturated heterocycles. The number of carbonyl (C=O) groups excluding carboxylic acids is 1. The van der Waals surface area contributed by atoms with E-state index in [2.05, 4.69) is 6.08 Å². The minimum absolute atomic E-state index is 0.00863. The standard InChI is InChI=1S/C13H18O4/c1-4-15-12(14)10-7-5-6-8-11(9(7)10)17-13(2,3)16-8/h5-11H,4H2,1-3H3/t7-,8-,9+,10-,11-/m1/s1. The van der Waals surface area contributed by atoms with Crippen LogP contribution in [0.2, 0.25) is 0 Å². The lowest BCUT2D eigenvalue weighted by molar-refractivity contribution is -0.150. The molecule has 3 rings (SSSR count). The van der Waals surface area contributed by atoms with Crippen LogP contribution in [0.15, 0.2) is 12.2 Å². The normalized spacial score (nSPS) is 45.0. The fraction of sp³-hybridized carbons (Fsp3) is 0.769. The van der Waals surface area contributed by atoms with Gasteiger partial charge in [-0.15, -0.1) is 0 Å². The molecule has 1 heterocycles. The molecule has 5 atom stereocenters. The molecular weight excluding hydrogens is 220 g/mol. The highest BCUT2D eigenvalue weighted by molar-refractivity contribution is 5.77. The highest BCUT2D eigenvalue weighted by Gasteiger charge is 2.64. The van der Waals surface area contributed by atoms with Gasteiger partial charge in [-0.25, -0.2) is 0 Å². The van der Waals surface area contributed by atoms with E-state index in [1.54, 1.807) is 0 Å². The van der Waals surface area contributed by atoms with Crippen molar-refractivity contribution in [2.24, 2.45) is 17.8 Å². The van der Waals surface area contributed by atoms with Crippen molar-refractivity contribution in [3.8, 4) is 0 Å². The maximum atomic E-state index is 11.8. The van der Waals surface area contributed by atoms with Gasteiger partial charge in [0.1, 0.15) is 6.10 Å². The van der Waals surface area contributed by atoms with Crippen LogP contribution in [0.5, 0.6) is 0 Å². The fourth-order valence-corrected chi connectivity index (χ4v) is 3.08. The van der Waals surface area contributed by atoms with Gasteiger partial charge in [0.15, 0.2) is 5.79 Å². The number of fused-ring (bicyclic) bond motifs is 3. The summed E-state index contributed by atoms with van der Waals surface area (Å²) in [6.45, 7) is 6.10. The number of ether oxygens (including phenoxy) is 3. The second-order valence-corrected chi connectivity index (χ2v) is 5.38. The van der Waals surface area contributed by atoms with Crippen LogP contribution in [0.4, 0.5) is 0 Å². The number of hydrogen-bond acceptors (Lipinski definition) is 4. The Hall–Kier alpha value is -0.870. The van der Waals surface area contributed by atoms with Crippen LogP contribution in [0.1, 0.15) is 20.8 Å². The van der Waals surface area contributed by atoms with Crippen molar-refractivity contribution in [1.29, 1.82) is 0 Å². The summed E-state index contributed by atoms with van der Waals surface area (Å²) in [4.78, 5) is 11.8. The maximum Gasteiger partial charge on any atom is 0.309 e. The molecule has 0 spiro atoms. The van der Waals surface area contributed by atoms with Gasteiger partial charge in [-0.1, -0.05) is 12.2 Å². The van der Waals surface area contributed by atoms with Crippen molar-refractivity contribution in [1.82, 2.24) is 0 Å². The summed E-state index contributed by atoms with van der Waals surface area (Å²) in [7, 11) is 0. The lowest BCUT2D eigenvalue weighted by Crippen LogP contribution is -2.27. The molecule has 0 bridgehead atoms. The van der Waals surface area contributed by atoms with E-state index in [4.69, 9.17) is 14.2 Å². The zero-order chi connectivity index (χ0) is 12.2. The van der Waals surface area contributed by atoms with Crippen LogP contribution in [0, 0.1) is 17.8 Å². The molecule has 0 N–H and O–H groups in total. The fourth-order valence-electron chi connectivity index (χ4n) is 3.08. The van der Waals surface area contributed by atoms with Crippen LogP contribution in [0.25, 0.3) is 0 Å². The quantitative estimate of drug-likeness (QED) is 0.540. The summed E-state index contributed by atoms with van der Waals surface area (Å²) in [5.74, 6) is -0.144. The third-order valence-electron chi connectivity index (χ3n) is 3.76. The minimum atomic E-state index is -0.545. The van der Waals surface area contributed by atoms with Crippen molar-refractivity contribution in [2.75, 3.05) is 6.61 Å². The molecule has 0 radical (unpaired) electrons. The molecule has 2 aliphatic carbocycles. The third-order valence-corrected chi connectivity index (χ3v) is 3.76. The summed E-state index contributed by atoms with van der Waals surface area (Å²) in [6.07, 6.45) is 4.11. The lowest BCUT2D eigenvalue weighted by Gasteiger charge is -2.17. The molecule has 4 nitrogen and oxygen atoms in total. The largest absolute Gasteiger partial charge is 0.466 e. The minimum Gasteiger partial charge on any atom is -0.466 e. The van der Waals surface area contributed by atoms with Gasteiger partial charge >= 0.3 is 5.97 Å². The van der Waals surface area contributed by atoms with Crippen LogP contribution in [0.3, 0.4) is 0 Å². The number of carbonyl (C=O) groups is 1. The van der Waals surface area contributed by atoms with E-state index in [9.17, 15) is 4.79 Å². The van der Waals surface area contributed by atoms with Crippen LogP contribution < -0.4 is 0 Å². The van der Waals surface area contributed by atoms with Crippen LogP contribution >= 0.6 is 0 Å². The number of hydrogen-bond donors (Lipinski definition) is 0. The third kappa shape index (κ3) is 1.70. The van der Waals surface area contributed by atoms with Crippen LogP contribution in [-0.4, -0.2) is 30.6 Å². The Balaban J connectivity index is 1.74. The summed E-state index contributed by atoms with van der Waals surface area (Å²) >= 11 is 0. The predicted molar refractivity (Wildman–Crippen MR) is 60.1 cm³/mol. The van der Waals surface area contributed by atoms with E-state index in [0.717, 1.165) is 0 Å². The summed E-state index contributed by atoms with van der Waals surface area (Å²) in [5, 5.41) is 0. The van der Waals surface area contributed by atoms with Crippen molar-refractivity contribution in [3.63, 3.8) is 0 Å². The zero-order valence-corrected chi connectivity index (χ0v) is 10.4. The zero-order valence-electron chi connectivity index (χ0n) is 10.4. The van der Waals surface area contributed by atoms with Crippen molar-refractivity contribution >= 4 is 5.97 Å². The summed E-state index contributed by atoms with van der Waals surface area (Å²) in [6, 6.07) is 0. The molecule has 0 amide bonds. The van der Waals surface area contributed by atoms with Gasteiger partial charge in [0.05, 0.1) is 18.6 Å². The molecule has 1 aliphatic heterocycles. The lowest BCUT2D eigenvalue weighted by atomic mass is 10.0. The molecule has 4 heteroatoms. The first-order valence-corrected chi connectivity index (χ1v) is 6.24. The van der Waals surface area contributed by atoms with Gasteiger partial charge in [-0.05, 0) is 26.7 Å². The molecular formula is C13H18O4. The van der Waals surface area contributed by atoms with Gasteiger partial charge in [0.2, 0.25) is 0 Å². The predicted octanol–water partition coefficient (Wildman–Crippen LogP) is 1.50. The first kappa shape index (κ1) is 11.2. The van der Waals surface area contributed by atoms with Gasteiger partial charge < -0.3 is 14.2 Å². The first-order chi connectivity index (χ1) is 8.03. The molecule has 0 unspecified atom stereocenters. The van der Waals surface area contributed by atoms with Gasteiger partial charge in [-0.2, -0.15) is 0 Å². The number of allylic oxidation sites excluding steroid dienone is 1. The number of rotatable bonds is 2. The average molecular weight is 238 g/mol. The van der Waals surface area contributed by atoms with E-state index < -0.39 is 5.79 Å². The van der Waals surface area contributed by atoms with Crippen molar-refractivity contribution in [2.45, 2.75) is 38.8 Å². The van der Waals surface area contributed by atoms with E-state index >= 15 is 0 Å².